The first-order chi connectivity index (χ1) is 16.5. The van der Waals surface area contributed by atoms with Crippen molar-refractivity contribution in [3.8, 4) is 11.1 Å². The Labute approximate surface area is 197 Å². The first kappa shape index (κ1) is 22.4. The standard InChI is InChI=1S/C26H28N2O6/c29-24(28-23-14-33-12-22(23)25(30)31)11-15-9-16(10-15)27-26(32)34-13-21-19-7-3-1-5-17(19)18-6-2-4-8-20(18)21/h1-8,15-16,21-23H,9-14H2,(H,27,32)(H,28,29)(H,30,31). The number of rotatable bonds is 7. The zero-order chi connectivity index (χ0) is 23.7. The Hall–Kier alpha value is -3.39. The molecule has 0 bridgehead atoms. The predicted molar refractivity (Wildman–Crippen MR) is 123 cm³/mol. The number of fused-ring (bicyclic) bond motifs is 3. The number of carboxylic acid groups (broad SMARTS) is 1. The maximum absolute atomic E-state index is 12.4. The number of carbonyl (C=O) groups excluding carboxylic acids is 2. The van der Waals surface area contributed by atoms with Crippen LogP contribution in [0.2, 0.25) is 0 Å². The maximum atomic E-state index is 12.4. The molecule has 2 amide bonds. The first-order valence-electron chi connectivity index (χ1n) is 11.7. The highest BCUT2D eigenvalue weighted by Gasteiger charge is 2.37. The topological polar surface area (TPSA) is 114 Å². The molecule has 34 heavy (non-hydrogen) atoms. The molecule has 2 unspecified atom stereocenters. The molecule has 0 aromatic heterocycles. The van der Waals surface area contributed by atoms with Gasteiger partial charge in [-0.3, -0.25) is 9.59 Å². The first-order valence-corrected chi connectivity index (χ1v) is 11.7. The third-order valence-corrected chi connectivity index (χ3v) is 7.12. The van der Waals surface area contributed by atoms with E-state index < -0.39 is 24.0 Å². The summed E-state index contributed by atoms with van der Waals surface area (Å²) in [5.41, 5.74) is 4.71. The Morgan fingerprint density at radius 2 is 1.59 bits per heavy atom. The van der Waals surface area contributed by atoms with E-state index in [1.54, 1.807) is 0 Å². The van der Waals surface area contributed by atoms with E-state index in [0.29, 0.717) is 19.3 Å². The number of amides is 2. The van der Waals surface area contributed by atoms with Crippen LogP contribution in [0.4, 0.5) is 4.79 Å². The van der Waals surface area contributed by atoms with Gasteiger partial charge in [-0.25, -0.2) is 4.79 Å². The lowest BCUT2D eigenvalue weighted by molar-refractivity contribution is -0.142. The van der Waals surface area contributed by atoms with Crippen molar-refractivity contribution in [3.05, 3.63) is 59.7 Å². The Bertz CT molecular complexity index is 1050. The molecule has 8 nitrogen and oxygen atoms in total. The molecule has 1 heterocycles. The summed E-state index contributed by atoms with van der Waals surface area (Å²) in [6.07, 6.45) is 1.26. The van der Waals surface area contributed by atoms with Gasteiger partial charge in [0.1, 0.15) is 12.5 Å². The van der Waals surface area contributed by atoms with Crippen LogP contribution < -0.4 is 10.6 Å². The lowest BCUT2D eigenvalue weighted by atomic mass is 9.78. The van der Waals surface area contributed by atoms with Crippen LogP contribution in [0.25, 0.3) is 11.1 Å². The summed E-state index contributed by atoms with van der Waals surface area (Å²) in [6, 6.07) is 15.9. The molecule has 0 spiro atoms. The van der Waals surface area contributed by atoms with Crippen molar-refractivity contribution in [3.63, 3.8) is 0 Å². The average Bonchev–Trinajstić information content (AvgIpc) is 3.39. The van der Waals surface area contributed by atoms with Crippen LogP contribution in [0.1, 0.15) is 36.3 Å². The van der Waals surface area contributed by atoms with E-state index >= 15 is 0 Å². The number of hydrogen-bond donors (Lipinski definition) is 3. The maximum Gasteiger partial charge on any atom is 0.407 e. The van der Waals surface area contributed by atoms with E-state index in [1.165, 1.54) is 22.3 Å². The van der Waals surface area contributed by atoms with Crippen LogP contribution in [0.5, 0.6) is 0 Å². The molecule has 1 aliphatic heterocycles. The molecule has 0 radical (unpaired) electrons. The number of carbonyl (C=O) groups is 3. The van der Waals surface area contributed by atoms with Gasteiger partial charge in [0.25, 0.3) is 0 Å². The van der Waals surface area contributed by atoms with Crippen molar-refractivity contribution in [2.45, 2.75) is 37.3 Å². The molecule has 2 fully saturated rings. The highest BCUT2D eigenvalue weighted by Crippen LogP contribution is 2.44. The van der Waals surface area contributed by atoms with Gasteiger partial charge < -0.3 is 25.2 Å². The van der Waals surface area contributed by atoms with Crippen molar-refractivity contribution in [1.82, 2.24) is 10.6 Å². The van der Waals surface area contributed by atoms with Crippen molar-refractivity contribution in [2.24, 2.45) is 11.8 Å². The monoisotopic (exact) mass is 464 g/mol. The zero-order valence-corrected chi connectivity index (χ0v) is 18.7. The Morgan fingerprint density at radius 3 is 2.24 bits per heavy atom. The van der Waals surface area contributed by atoms with Crippen LogP contribution in [0.3, 0.4) is 0 Å². The molecule has 2 aromatic carbocycles. The minimum Gasteiger partial charge on any atom is -0.481 e. The molecule has 2 aliphatic carbocycles. The molecule has 5 rings (SSSR count). The Balaban J connectivity index is 1.06. The molecule has 2 atom stereocenters. The van der Waals surface area contributed by atoms with Crippen LogP contribution in [0.15, 0.2) is 48.5 Å². The normalized spacial score (nSPS) is 25.1. The minimum absolute atomic E-state index is 0.0185. The largest absolute Gasteiger partial charge is 0.481 e. The molecule has 1 saturated heterocycles. The molecule has 3 aliphatic rings. The number of alkyl carbamates (subject to hydrolysis) is 1. The average molecular weight is 465 g/mol. The molecular weight excluding hydrogens is 436 g/mol. The third-order valence-electron chi connectivity index (χ3n) is 7.12. The molecule has 178 valence electrons. The summed E-state index contributed by atoms with van der Waals surface area (Å²) in [4.78, 5) is 35.9. The molecule has 8 heteroatoms. The van der Waals surface area contributed by atoms with Gasteiger partial charge in [-0.05, 0) is 41.0 Å². The number of nitrogens with one attached hydrogen (secondary N) is 2. The summed E-state index contributed by atoms with van der Waals surface area (Å²) in [5.74, 6) is -1.66. The molecule has 2 aromatic rings. The highest BCUT2D eigenvalue weighted by molar-refractivity contribution is 5.80. The van der Waals surface area contributed by atoms with Crippen molar-refractivity contribution < 1.29 is 29.0 Å². The number of hydrogen-bond acceptors (Lipinski definition) is 5. The summed E-state index contributed by atoms with van der Waals surface area (Å²) >= 11 is 0. The molecule has 1 saturated carbocycles. The van der Waals surface area contributed by atoms with Crippen molar-refractivity contribution >= 4 is 18.0 Å². The van der Waals surface area contributed by atoms with Crippen LogP contribution in [0, 0.1) is 11.8 Å². The van der Waals surface area contributed by atoms with Crippen molar-refractivity contribution in [2.75, 3.05) is 19.8 Å². The van der Waals surface area contributed by atoms with Gasteiger partial charge in [0.2, 0.25) is 5.91 Å². The van der Waals surface area contributed by atoms with E-state index in [1.807, 2.05) is 24.3 Å². The van der Waals surface area contributed by atoms with E-state index in [2.05, 4.69) is 34.9 Å². The van der Waals surface area contributed by atoms with Crippen LogP contribution in [-0.2, 0) is 19.1 Å². The highest BCUT2D eigenvalue weighted by atomic mass is 16.5. The second-order valence-corrected chi connectivity index (χ2v) is 9.36. The smallest absolute Gasteiger partial charge is 0.407 e. The Kier molecular flexibility index (Phi) is 6.24. The summed E-state index contributed by atoms with van der Waals surface area (Å²) in [6.45, 7) is 0.613. The third kappa shape index (κ3) is 4.50. The van der Waals surface area contributed by atoms with Crippen LogP contribution >= 0.6 is 0 Å². The van der Waals surface area contributed by atoms with Gasteiger partial charge in [0, 0.05) is 18.4 Å². The van der Waals surface area contributed by atoms with Gasteiger partial charge in [0.05, 0.1) is 19.3 Å². The zero-order valence-electron chi connectivity index (χ0n) is 18.7. The van der Waals surface area contributed by atoms with Gasteiger partial charge >= 0.3 is 12.1 Å². The lowest BCUT2D eigenvalue weighted by Crippen LogP contribution is -2.47. The fourth-order valence-electron chi connectivity index (χ4n) is 5.29. The fourth-order valence-corrected chi connectivity index (χ4v) is 5.29. The van der Waals surface area contributed by atoms with E-state index in [0.717, 1.165) is 0 Å². The SMILES string of the molecule is O=C(CC1CC(NC(=O)OCC2c3ccccc3-c3ccccc32)C1)NC1COCC1C(=O)O. The summed E-state index contributed by atoms with van der Waals surface area (Å²) in [5, 5.41) is 14.9. The quantitative estimate of drug-likeness (QED) is 0.581. The summed E-state index contributed by atoms with van der Waals surface area (Å²) in [7, 11) is 0. The number of ether oxygens (including phenoxy) is 2. The van der Waals surface area contributed by atoms with E-state index in [4.69, 9.17) is 9.47 Å². The number of carboxylic acids is 1. The molecular formula is C26H28N2O6. The Morgan fingerprint density at radius 1 is 0.941 bits per heavy atom. The van der Waals surface area contributed by atoms with Gasteiger partial charge in [-0.2, -0.15) is 0 Å². The van der Waals surface area contributed by atoms with E-state index in [9.17, 15) is 19.5 Å². The number of benzene rings is 2. The van der Waals surface area contributed by atoms with E-state index in [-0.39, 0.29) is 43.6 Å². The van der Waals surface area contributed by atoms with Gasteiger partial charge in [-0.1, -0.05) is 48.5 Å². The number of aliphatic carboxylic acids is 1. The summed E-state index contributed by atoms with van der Waals surface area (Å²) < 4.78 is 10.8. The lowest BCUT2D eigenvalue weighted by Gasteiger charge is -2.35. The fraction of sp³-hybridized carbons (Fsp3) is 0.423. The second kappa shape index (κ2) is 9.46. The van der Waals surface area contributed by atoms with Crippen LogP contribution in [-0.4, -0.2) is 55.0 Å². The minimum atomic E-state index is -0.959. The van der Waals surface area contributed by atoms with Crippen molar-refractivity contribution in [1.29, 1.82) is 0 Å². The van der Waals surface area contributed by atoms with Gasteiger partial charge in [0.15, 0.2) is 0 Å². The van der Waals surface area contributed by atoms with Gasteiger partial charge in [-0.15, -0.1) is 0 Å². The second-order valence-electron chi connectivity index (χ2n) is 9.36. The predicted octanol–water partition coefficient (Wildman–Crippen LogP) is 2.91. The molecule has 3 N–H and O–H groups in total.